The molecule has 2 rings (SSSR count). The van der Waals surface area contributed by atoms with Gasteiger partial charge in [0, 0.05) is 6.20 Å². The highest BCUT2D eigenvalue weighted by atomic mass is 35.5. The molecule has 0 atom stereocenters. The highest BCUT2D eigenvalue weighted by Gasteiger charge is 2.15. The number of aromatic nitrogens is 1. The molecule has 0 fully saturated rings. The molecule has 1 aromatic carbocycles. The lowest BCUT2D eigenvalue weighted by Crippen LogP contribution is -2.16. The van der Waals surface area contributed by atoms with Crippen molar-refractivity contribution in [2.24, 2.45) is 0 Å². The Morgan fingerprint density at radius 3 is 2.68 bits per heavy atom. The number of rotatable bonds is 4. The smallest absolute Gasteiger partial charge is 0.340 e. The Labute approximate surface area is 137 Å². The van der Waals surface area contributed by atoms with Crippen LogP contribution in [0.3, 0.4) is 0 Å². The molecule has 0 aliphatic rings. The Balaban J connectivity index is 2.25. The van der Waals surface area contributed by atoms with Crippen molar-refractivity contribution in [3.63, 3.8) is 0 Å². The first-order valence-electron chi connectivity index (χ1n) is 6.41. The van der Waals surface area contributed by atoms with Gasteiger partial charge >= 0.3 is 5.97 Å². The van der Waals surface area contributed by atoms with Crippen molar-refractivity contribution in [1.82, 2.24) is 4.98 Å². The number of pyridine rings is 1. The number of nitrogens with one attached hydrogen (secondary N) is 1. The molecule has 1 amide bonds. The zero-order valence-corrected chi connectivity index (χ0v) is 13.1. The second-order valence-corrected chi connectivity index (χ2v) is 4.98. The van der Waals surface area contributed by atoms with E-state index >= 15 is 0 Å². The van der Waals surface area contributed by atoms with Crippen LogP contribution in [0.4, 0.5) is 5.69 Å². The van der Waals surface area contributed by atoms with Gasteiger partial charge in [-0.05, 0) is 25.1 Å². The number of para-hydroxylation sites is 1. The summed E-state index contributed by atoms with van der Waals surface area (Å²) in [7, 11) is 0. The average molecular weight is 339 g/mol. The van der Waals surface area contributed by atoms with Gasteiger partial charge in [0.2, 0.25) is 0 Å². The van der Waals surface area contributed by atoms with Gasteiger partial charge in [-0.15, -0.1) is 0 Å². The molecule has 0 bridgehead atoms. The minimum atomic E-state index is -0.509. The fourth-order valence-corrected chi connectivity index (χ4v) is 1.99. The number of nitrogens with zero attached hydrogens (tertiary/aromatic N) is 1. The molecule has 1 heterocycles. The van der Waals surface area contributed by atoms with Crippen molar-refractivity contribution in [1.29, 1.82) is 0 Å². The molecule has 0 aliphatic heterocycles. The number of ether oxygens (including phenoxy) is 1. The molecular formula is C15H12Cl2N2O3. The normalized spacial score (nSPS) is 10.1. The SMILES string of the molecule is CCOC(=O)c1ccccc1NC(=O)c1cnc(Cl)c(Cl)c1. The van der Waals surface area contributed by atoms with Gasteiger partial charge in [-0.25, -0.2) is 9.78 Å². The van der Waals surface area contributed by atoms with Gasteiger partial charge in [0.15, 0.2) is 0 Å². The molecular weight excluding hydrogens is 327 g/mol. The summed E-state index contributed by atoms with van der Waals surface area (Å²) < 4.78 is 4.95. The van der Waals surface area contributed by atoms with Crippen LogP contribution in [0.15, 0.2) is 36.5 Å². The first kappa shape index (κ1) is 16.3. The maximum atomic E-state index is 12.2. The predicted octanol–water partition coefficient (Wildman–Crippen LogP) is 3.82. The van der Waals surface area contributed by atoms with E-state index in [9.17, 15) is 9.59 Å². The summed E-state index contributed by atoms with van der Waals surface area (Å²) in [6, 6.07) is 7.96. The number of hydrogen-bond donors (Lipinski definition) is 1. The molecule has 0 aliphatic carbocycles. The number of anilines is 1. The van der Waals surface area contributed by atoms with E-state index in [4.69, 9.17) is 27.9 Å². The summed E-state index contributed by atoms with van der Waals surface area (Å²) in [5.41, 5.74) is 0.843. The standard InChI is InChI=1S/C15H12Cl2N2O3/c1-2-22-15(21)10-5-3-4-6-12(10)19-14(20)9-7-11(16)13(17)18-8-9/h3-8H,2H2,1H3,(H,19,20). The van der Waals surface area contributed by atoms with Gasteiger partial charge in [0.25, 0.3) is 5.91 Å². The van der Waals surface area contributed by atoms with Crippen LogP contribution < -0.4 is 5.32 Å². The van der Waals surface area contributed by atoms with E-state index in [0.29, 0.717) is 5.69 Å². The van der Waals surface area contributed by atoms with Crippen LogP contribution in [0.5, 0.6) is 0 Å². The summed E-state index contributed by atoms with van der Waals surface area (Å²) in [6.07, 6.45) is 1.30. The van der Waals surface area contributed by atoms with Crippen molar-refractivity contribution in [2.45, 2.75) is 6.92 Å². The van der Waals surface area contributed by atoms with Gasteiger partial charge in [0.05, 0.1) is 28.4 Å². The molecule has 0 saturated heterocycles. The Morgan fingerprint density at radius 2 is 2.00 bits per heavy atom. The maximum Gasteiger partial charge on any atom is 0.340 e. The number of esters is 1. The van der Waals surface area contributed by atoms with E-state index < -0.39 is 11.9 Å². The molecule has 1 aromatic heterocycles. The maximum absolute atomic E-state index is 12.2. The number of carbonyl (C=O) groups excluding carboxylic acids is 2. The Morgan fingerprint density at radius 1 is 1.27 bits per heavy atom. The Bertz CT molecular complexity index is 720. The molecule has 114 valence electrons. The van der Waals surface area contributed by atoms with Crippen LogP contribution in [0.1, 0.15) is 27.6 Å². The van der Waals surface area contributed by atoms with E-state index in [1.54, 1.807) is 31.2 Å². The van der Waals surface area contributed by atoms with Crippen LogP contribution in [0.25, 0.3) is 0 Å². The topological polar surface area (TPSA) is 68.3 Å². The van der Waals surface area contributed by atoms with Crippen molar-refractivity contribution >= 4 is 40.8 Å². The van der Waals surface area contributed by atoms with Crippen LogP contribution >= 0.6 is 23.2 Å². The third-order valence-electron chi connectivity index (χ3n) is 2.73. The molecule has 0 spiro atoms. The first-order valence-corrected chi connectivity index (χ1v) is 7.17. The third kappa shape index (κ3) is 3.75. The predicted molar refractivity (Wildman–Crippen MR) is 84.6 cm³/mol. The van der Waals surface area contributed by atoms with E-state index in [2.05, 4.69) is 10.3 Å². The summed E-state index contributed by atoms with van der Waals surface area (Å²) in [5.74, 6) is -0.964. The largest absolute Gasteiger partial charge is 0.462 e. The summed E-state index contributed by atoms with van der Waals surface area (Å²) in [4.78, 5) is 27.9. The average Bonchev–Trinajstić information content (AvgIpc) is 2.50. The van der Waals surface area contributed by atoms with Crippen LogP contribution in [-0.2, 0) is 4.74 Å². The zero-order valence-electron chi connectivity index (χ0n) is 11.6. The Hall–Kier alpha value is -2.11. The van der Waals surface area contributed by atoms with Crippen molar-refractivity contribution in [2.75, 3.05) is 11.9 Å². The lowest BCUT2D eigenvalue weighted by atomic mass is 10.1. The third-order valence-corrected chi connectivity index (χ3v) is 3.42. The van der Waals surface area contributed by atoms with Gasteiger partial charge < -0.3 is 10.1 Å². The molecule has 0 radical (unpaired) electrons. The van der Waals surface area contributed by atoms with Crippen LogP contribution in [0.2, 0.25) is 10.2 Å². The van der Waals surface area contributed by atoms with Crippen molar-refractivity contribution in [3.8, 4) is 0 Å². The molecule has 0 unspecified atom stereocenters. The van der Waals surface area contributed by atoms with Gasteiger partial charge in [-0.2, -0.15) is 0 Å². The summed E-state index contributed by atoms with van der Waals surface area (Å²) in [5, 5.41) is 2.92. The molecule has 0 saturated carbocycles. The van der Waals surface area contributed by atoms with E-state index in [1.165, 1.54) is 12.3 Å². The molecule has 7 heteroatoms. The zero-order chi connectivity index (χ0) is 16.1. The second kappa shape index (κ2) is 7.24. The fourth-order valence-electron chi connectivity index (χ4n) is 1.72. The van der Waals surface area contributed by atoms with Crippen molar-refractivity contribution < 1.29 is 14.3 Å². The fraction of sp³-hybridized carbons (Fsp3) is 0.133. The molecule has 1 N–H and O–H groups in total. The monoisotopic (exact) mass is 338 g/mol. The minimum Gasteiger partial charge on any atom is -0.462 e. The number of carbonyl (C=O) groups is 2. The van der Waals surface area contributed by atoms with Gasteiger partial charge in [-0.3, -0.25) is 4.79 Å². The van der Waals surface area contributed by atoms with Crippen LogP contribution in [0, 0.1) is 0 Å². The highest BCUT2D eigenvalue weighted by Crippen LogP contribution is 2.21. The van der Waals surface area contributed by atoms with Gasteiger partial charge in [0.1, 0.15) is 5.15 Å². The Kier molecular flexibility index (Phi) is 5.35. The van der Waals surface area contributed by atoms with Crippen LogP contribution in [-0.4, -0.2) is 23.5 Å². The minimum absolute atomic E-state index is 0.116. The van der Waals surface area contributed by atoms with E-state index in [1.807, 2.05) is 0 Å². The molecule has 5 nitrogen and oxygen atoms in total. The molecule has 22 heavy (non-hydrogen) atoms. The van der Waals surface area contributed by atoms with E-state index in [0.717, 1.165) is 0 Å². The summed E-state index contributed by atoms with van der Waals surface area (Å²) in [6.45, 7) is 1.96. The number of halogens is 2. The summed E-state index contributed by atoms with van der Waals surface area (Å²) >= 11 is 11.5. The first-order chi connectivity index (χ1) is 10.5. The van der Waals surface area contributed by atoms with Crippen molar-refractivity contribution in [3.05, 3.63) is 57.8 Å². The van der Waals surface area contributed by atoms with Gasteiger partial charge in [-0.1, -0.05) is 35.3 Å². The lowest BCUT2D eigenvalue weighted by Gasteiger charge is -2.10. The van der Waals surface area contributed by atoms with E-state index in [-0.39, 0.29) is 27.9 Å². The highest BCUT2D eigenvalue weighted by molar-refractivity contribution is 6.41. The quantitative estimate of drug-likeness (QED) is 0.679. The number of hydrogen-bond acceptors (Lipinski definition) is 4. The second-order valence-electron chi connectivity index (χ2n) is 4.22. The molecule has 2 aromatic rings. The number of amides is 1. The number of benzene rings is 1. The lowest BCUT2D eigenvalue weighted by molar-refractivity contribution is 0.0527.